The van der Waals surface area contributed by atoms with Crippen LogP contribution in [-0.2, 0) is 4.79 Å². The maximum absolute atomic E-state index is 10.9. The average Bonchev–Trinajstić information content (AvgIpc) is 1.83. The second kappa shape index (κ2) is 3.90. The van der Waals surface area contributed by atoms with Gasteiger partial charge in [0, 0.05) is 5.92 Å². The van der Waals surface area contributed by atoms with Crippen molar-refractivity contribution in [3.8, 4) is 0 Å². The molecule has 0 aliphatic heterocycles. The molecule has 0 fully saturated rings. The Morgan fingerprint density at radius 2 is 1.83 bits per heavy atom. The van der Waals surface area contributed by atoms with Gasteiger partial charge in [0.25, 0.3) is 0 Å². The first-order chi connectivity index (χ1) is 5.30. The molecule has 1 N–H and O–H groups in total. The molecule has 0 amide bonds. The van der Waals surface area contributed by atoms with Crippen LogP contribution in [0, 0.1) is 5.92 Å². The van der Waals surface area contributed by atoms with Gasteiger partial charge in [0.05, 0.1) is 21.1 Å². The Bertz CT molecular complexity index is 160. The monoisotopic (exact) mass is 174 g/mol. The largest absolute Gasteiger partial charge is 0.477 e. The summed E-state index contributed by atoms with van der Waals surface area (Å²) in [6, 6.07) is -0.296. The lowest BCUT2D eigenvalue weighted by Crippen LogP contribution is -2.53. The molecule has 12 heavy (non-hydrogen) atoms. The molecule has 0 saturated carbocycles. The zero-order chi connectivity index (χ0) is 9.94. The van der Waals surface area contributed by atoms with Crippen LogP contribution in [0.25, 0.3) is 0 Å². The van der Waals surface area contributed by atoms with Crippen molar-refractivity contribution in [3.05, 3.63) is 0 Å². The molecule has 0 radical (unpaired) electrons. The summed E-state index contributed by atoms with van der Waals surface area (Å²) in [5.74, 6) is -0.473. The highest BCUT2D eigenvalue weighted by atomic mass is 16.4. The van der Waals surface area contributed by atoms with Crippen LogP contribution in [-0.4, -0.2) is 42.7 Å². The van der Waals surface area contributed by atoms with Crippen LogP contribution in [0.3, 0.4) is 0 Å². The van der Waals surface area contributed by atoms with Gasteiger partial charge in [0.2, 0.25) is 0 Å². The molecule has 2 atom stereocenters. The Morgan fingerprint density at radius 1 is 1.42 bits per heavy atom. The van der Waals surface area contributed by atoms with E-state index in [0.717, 1.165) is 6.42 Å². The van der Waals surface area contributed by atoms with Gasteiger partial charge in [-0.05, 0) is 6.42 Å². The minimum atomic E-state index is -0.697. The van der Waals surface area contributed by atoms with Gasteiger partial charge < -0.3 is 9.59 Å². The van der Waals surface area contributed by atoms with Crippen molar-refractivity contribution >= 4 is 5.97 Å². The Labute approximate surface area is 74.6 Å². The fourth-order valence-electron chi connectivity index (χ4n) is 1.56. The summed E-state index contributed by atoms with van der Waals surface area (Å²) in [6.45, 7) is 4.01. The molecule has 0 rings (SSSR count). The van der Waals surface area contributed by atoms with Crippen LogP contribution in [0.1, 0.15) is 20.3 Å². The summed E-state index contributed by atoms with van der Waals surface area (Å²) in [5, 5.41) is 8.99. The topological polar surface area (TPSA) is 37.3 Å². The molecule has 0 aromatic rings. The fraction of sp³-hybridized carbons (Fsp3) is 0.889. The Balaban J connectivity index is 4.56. The SMILES string of the molecule is CCC(C)C(C(=O)O)[N+](C)(C)C. The predicted octanol–water partition coefficient (Wildman–Crippen LogP) is 1.19. The minimum Gasteiger partial charge on any atom is -0.477 e. The normalized spacial score (nSPS) is 17.1. The number of likely N-dealkylation sites (N-methyl/N-ethyl adjacent to an activating group) is 1. The van der Waals surface area contributed by atoms with E-state index in [2.05, 4.69) is 0 Å². The molecule has 0 bridgehead atoms. The van der Waals surface area contributed by atoms with Gasteiger partial charge in [-0.15, -0.1) is 0 Å². The number of nitrogens with zero attached hydrogens (tertiary/aromatic N) is 1. The summed E-state index contributed by atoms with van der Waals surface area (Å²) in [6.07, 6.45) is 0.909. The first-order valence-electron chi connectivity index (χ1n) is 4.34. The maximum atomic E-state index is 10.9. The first-order valence-corrected chi connectivity index (χ1v) is 4.34. The molecule has 0 heterocycles. The fourth-order valence-corrected chi connectivity index (χ4v) is 1.56. The Morgan fingerprint density at radius 3 is 1.92 bits per heavy atom. The van der Waals surface area contributed by atoms with Gasteiger partial charge in [-0.1, -0.05) is 13.8 Å². The molecule has 0 aromatic heterocycles. The van der Waals surface area contributed by atoms with E-state index in [0.29, 0.717) is 4.48 Å². The number of carboxylic acids is 1. The van der Waals surface area contributed by atoms with Crippen LogP contribution >= 0.6 is 0 Å². The summed E-state index contributed by atoms with van der Waals surface area (Å²) in [4.78, 5) is 10.9. The smallest absolute Gasteiger partial charge is 0.362 e. The van der Waals surface area contributed by atoms with E-state index in [1.807, 2.05) is 35.0 Å². The van der Waals surface area contributed by atoms with Crippen molar-refractivity contribution in [1.29, 1.82) is 0 Å². The van der Waals surface area contributed by atoms with E-state index < -0.39 is 5.97 Å². The van der Waals surface area contributed by atoms with E-state index in [4.69, 9.17) is 5.11 Å². The molecule has 2 unspecified atom stereocenters. The Hall–Kier alpha value is -0.570. The van der Waals surface area contributed by atoms with Crippen LogP contribution in [0.4, 0.5) is 0 Å². The van der Waals surface area contributed by atoms with E-state index in [-0.39, 0.29) is 12.0 Å². The number of rotatable bonds is 4. The molecule has 0 saturated heterocycles. The zero-order valence-corrected chi connectivity index (χ0v) is 8.66. The molecule has 3 heteroatoms. The molecular formula is C9H20NO2+. The number of aliphatic carboxylic acids is 1. The van der Waals surface area contributed by atoms with Gasteiger partial charge in [-0.3, -0.25) is 0 Å². The van der Waals surface area contributed by atoms with Gasteiger partial charge in [-0.25, -0.2) is 4.79 Å². The van der Waals surface area contributed by atoms with Gasteiger partial charge in [-0.2, -0.15) is 0 Å². The predicted molar refractivity (Wildman–Crippen MR) is 48.9 cm³/mol. The molecule has 0 aliphatic carbocycles. The van der Waals surface area contributed by atoms with E-state index in [1.165, 1.54) is 0 Å². The lowest BCUT2D eigenvalue weighted by molar-refractivity contribution is -0.891. The third-order valence-corrected chi connectivity index (χ3v) is 2.27. The standard InChI is InChI=1S/C9H19NO2/c1-6-7(2)8(9(11)12)10(3,4)5/h7-8H,6H2,1-5H3/p+1. The van der Waals surface area contributed by atoms with Gasteiger partial charge in [0.1, 0.15) is 0 Å². The highest BCUT2D eigenvalue weighted by molar-refractivity contribution is 5.72. The van der Waals surface area contributed by atoms with Crippen LogP contribution < -0.4 is 0 Å². The van der Waals surface area contributed by atoms with E-state index in [1.54, 1.807) is 0 Å². The molecule has 0 aliphatic rings. The van der Waals surface area contributed by atoms with Crippen molar-refractivity contribution in [2.24, 2.45) is 5.92 Å². The minimum absolute atomic E-state index is 0.225. The lowest BCUT2D eigenvalue weighted by atomic mass is 9.97. The second-order valence-corrected chi connectivity index (χ2v) is 4.28. The van der Waals surface area contributed by atoms with Gasteiger partial charge >= 0.3 is 5.97 Å². The summed E-state index contributed by atoms with van der Waals surface area (Å²) < 4.78 is 0.490. The average molecular weight is 174 g/mol. The quantitative estimate of drug-likeness (QED) is 0.650. The molecular weight excluding hydrogens is 154 g/mol. The number of carboxylic acid groups (broad SMARTS) is 1. The number of carbonyl (C=O) groups is 1. The van der Waals surface area contributed by atoms with Crippen molar-refractivity contribution in [2.75, 3.05) is 21.1 Å². The van der Waals surface area contributed by atoms with Crippen molar-refractivity contribution in [1.82, 2.24) is 0 Å². The number of hydrogen-bond donors (Lipinski definition) is 1. The van der Waals surface area contributed by atoms with E-state index >= 15 is 0 Å². The van der Waals surface area contributed by atoms with Crippen molar-refractivity contribution < 1.29 is 14.4 Å². The number of hydrogen-bond acceptors (Lipinski definition) is 1. The van der Waals surface area contributed by atoms with Crippen LogP contribution in [0.2, 0.25) is 0 Å². The summed E-state index contributed by atoms with van der Waals surface area (Å²) in [7, 11) is 5.76. The molecule has 0 spiro atoms. The summed E-state index contributed by atoms with van der Waals surface area (Å²) >= 11 is 0. The van der Waals surface area contributed by atoms with Gasteiger partial charge in [0.15, 0.2) is 6.04 Å². The molecule has 0 aromatic carbocycles. The van der Waals surface area contributed by atoms with Crippen LogP contribution in [0.5, 0.6) is 0 Å². The second-order valence-electron chi connectivity index (χ2n) is 4.28. The third kappa shape index (κ3) is 2.81. The van der Waals surface area contributed by atoms with Crippen molar-refractivity contribution in [3.63, 3.8) is 0 Å². The third-order valence-electron chi connectivity index (χ3n) is 2.27. The molecule has 3 nitrogen and oxygen atoms in total. The lowest BCUT2D eigenvalue weighted by Gasteiger charge is -2.34. The highest BCUT2D eigenvalue weighted by Crippen LogP contribution is 2.16. The summed E-state index contributed by atoms with van der Waals surface area (Å²) in [5.41, 5.74) is 0. The van der Waals surface area contributed by atoms with Crippen molar-refractivity contribution in [2.45, 2.75) is 26.3 Å². The first kappa shape index (κ1) is 11.4. The zero-order valence-electron chi connectivity index (χ0n) is 8.66. The highest BCUT2D eigenvalue weighted by Gasteiger charge is 2.35. The van der Waals surface area contributed by atoms with Crippen LogP contribution in [0.15, 0.2) is 0 Å². The Kier molecular flexibility index (Phi) is 3.71. The number of quaternary nitrogens is 1. The van der Waals surface area contributed by atoms with E-state index in [9.17, 15) is 4.79 Å². The molecule has 72 valence electrons. The maximum Gasteiger partial charge on any atom is 0.362 e.